The standard InChI is InChI=1S/C23H24ClN3O3S2/c1-14(21(28)25-15-6-3-4-7-15)32-23-26-19(13-17-8-5-11-31-17)22(29)27(23)16-9-10-20(30-2)18(24)12-16/h5,8-15H,3-4,6-7H2,1-2H3,(H,25,28)/b19-13+. The van der Waals surface area contributed by atoms with Gasteiger partial charge in [0, 0.05) is 10.9 Å². The molecule has 1 unspecified atom stereocenters. The molecule has 1 aliphatic carbocycles. The van der Waals surface area contributed by atoms with Gasteiger partial charge in [0.1, 0.15) is 11.4 Å². The maximum Gasteiger partial charge on any atom is 0.283 e. The van der Waals surface area contributed by atoms with Crippen LogP contribution < -0.4 is 15.0 Å². The molecule has 0 bridgehead atoms. The van der Waals surface area contributed by atoms with Gasteiger partial charge in [-0.2, -0.15) is 0 Å². The maximum atomic E-state index is 13.3. The smallest absolute Gasteiger partial charge is 0.283 e. The Labute approximate surface area is 200 Å². The highest BCUT2D eigenvalue weighted by Gasteiger charge is 2.35. The zero-order valence-electron chi connectivity index (χ0n) is 17.8. The minimum atomic E-state index is -0.403. The van der Waals surface area contributed by atoms with Gasteiger partial charge in [-0.25, -0.2) is 4.99 Å². The largest absolute Gasteiger partial charge is 0.495 e. The van der Waals surface area contributed by atoms with E-state index in [-0.39, 0.29) is 17.9 Å². The average Bonchev–Trinajstić information content (AvgIpc) is 3.52. The second-order valence-electron chi connectivity index (χ2n) is 7.65. The van der Waals surface area contributed by atoms with Gasteiger partial charge in [-0.05, 0) is 55.5 Å². The number of amidine groups is 1. The highest BCUT2D eigenvalue weighted by atomic mass is 35.5. The summed E-state index contributed by atoms with van der Waals surface area (Å²) >= 11 is 9.12. The lowest BCUT2D eigenvalue weighted by atomic mass is 10.2. The number of ether oxygens (including phenoxy) is 1. The van der Waals surface area contributed by atoms with Gasteiger partial charge in [-0.1, -0.05) is 42.3 Å². The number of aliphatic imine (C=N–C) groups is 1. The summed E-state index contributed by atoms with van der Waals surface area (Å²) in [5, 5.41) is 5.51. The van der Waals surface area contributed by atoms with Gasteiger partial charge in [0.25, 0.3) is 5.91 Å². The van der Waals surface area contributed by atoms with Gasteiger partial charge in [0.2, 0.25) is 5.91 Å². The zero-order chi connectivity index (χ0) is 22.7. The average molecular weight is 490 g/mol. The first kappa shape index (κ1) is 22.9. The first-order chi connectivity index (χ1) is 15.5. The van der Waals surface area contributed by atoms with E-state index in [9.17, 15) is 9.59 Å². The molecule has 4 rings (SSSR count). The lowest BCUT2D eigenvalue weighted by molar-refractivity contribution is -0.121. The van der Waals surface area contributed by atoms with Gasteiger partial charge in [-0.15, -0.1) is 11.3 Å². The molecule has 0 saturated heterocycles. The molecule has 32 heavy (non-hydrogen) atoms. The number of hydrogen-bond donors (Lipinski definition) is 1. The molecule has 2 amide bonds. The number of amides is 2. The fourth-order valence-electron chi connectivity index (χ4n) is 3.71. The molecule has 1 aromatic heterocycles. The van der Waals surface area contributed by atoms with Crippen LogP contribution in [0, 0.1) is 0 Å². The number of anilines is 1. The third-order valence-corrected chi connectivity index (χ3v) is 7.57. The number of nitrogens with one attached hydrogen (secondary N) is 1. The number of carbonyl (C=O) groups is 2. The van der Waals surface area contributed by atoms with E-state index in [0.29, 0.717) is 27.3 Å². The van der Waals surface area contributed by atoms with E-state index in [2.05, 4.69) is 10.3 Å². The monoisotopic (exact) mass is 489 g/mol. The summed E-state index contributed by atoms with van der Waals surface area (Å²) in [4.78, 5) is 33.1. The van der Waals surface area contributed by atoms with Crippen molar-refractivity contribution in [1.29, 1.82) is 0 Å². The molecule has 1 fully saturated rings. The van der Waals surface area contributed by atoms with Crippen LogP contribution >= 0.6 is 34.7 Å². The van der Waals surface area contributed by atoms with Crippen molar-refractivity contribution in [3.63, 3.8) is 0 Å². The second-order valence-corrected chi connectivity index (χ2v) is 10.3. The van der Waals surface area contributed by atoms with Crippen molar-refractivity contribution in [1.82, 2.24) is 5.32 Å². The third-order valence-electron chi connectivity index (χ3n) is 5.40. The Morgan fingerprint density at radius 3 is 2.81 bits per heavy atom. The van der Waals surface area contributed by atoms with Crippen LogP contribution in [0.15, 0.2) is 46.4 Å². The van der Waals surface area contributed by atoms with Crippen molar-refractivity contribution in [3.8, 4) is 5.75 Å². The second kappa shape index (κ2) is 10.1. The molecule has 2 heterocycles. The summed E-state index contributed by atoms with van der Waals surface area (Å²) in [7, 11) is 1.54. The van der Waals surface area contributed by atoms with Gasteiger partial charge in [0.15, 0.2) is 5.17 Å². The summed E-state index contributed by atoms with van der Waals surface area (Å²) < 4.78 is 5.23. The number of methoxy groups -OCH3 is 1. The minimum Gasteiger partial charge on any atom is -0.495 e. The number of hydrogen-bond acceptors (Lipinski definition) is 6. The molecule has 9 heteroatoms. The third kappa shape index (κ3) is 5.03. The van der Waals surface area contributed by atoms with Crippen LogP contribution in [0.1, 0.15) is 37.5 Å². The highest BCUT2D eigenvalue weighted by molar-refractivity contribution is 8.15. The van der Waals surface area contributed by atoms with E-state index in [1.807, 2.05) is 24.4 Å². The Hall–Kier alpha value is -2.29. The quantitative estimate of drug-likeness (QED) is 0.556. The number of benzene rings is 1. The molecule has 6 nitrogen and oxygen atoms in total. The van der Waals surface area contributed by atoms with Crippen LogP contribution in [-0.2, 0) is 9.59 Å². The summed E-state index contributed by atoms with van der Waals surface area (Å²) in [5.74, 6) is 0.220. The van der Waals surface area contributed by atoms with Gasteiger partial charge >= 0.3 is 0 Å². The van der Waals surface area contributed by atoms with Crippen LogP contribution in [0.2, 0.25) is 5.02 Å². The molecule has 1 atom stereocenters. The van der Waals surface area contributed by atoms with Crippen LogP contribution in [0.4, 0.5) is 5.69 Å². The topological polar surface area (TPSA) is 71.0 Å². The van der Waals surface area contributed by atoms with E-state index >= 15 is 0 Å². The molecule has 1 aliphatic heterocycles. The van der Waals surface area contributed by atoms with Crippen LogP contribution in [0.3, 0.4) is 0 Å². The molecule has 1 N–H and O–H groups in total. The molecular weight excluding hydrogens is 466 g/mol. The Bertz CT molecular complexity index is 1060. The maximum absolute atomic E-state index is 13.3. The van der Waals surface area contributed by atoms with E-state index in [1.54, 1.807) is 24.3 Å². The van der Waals surface area contributed by atoms with Crippen molar-refractivity contribution in [2.24, 2.45) is 4.99 Å². The summed E-state index contributed by atoms with van der Waals surface area (Å²) in [6.45, 7) is 1.84. The normalized spacial score (nSPS) is 18.8. The minimum absolute atomic E-state index is 0.0413. The number of thiophene rings is 1. The fraction of sp³-hybridized carbons (Fsp3) is 0.348. The number of rotatable bonds is 6. The molecule has 0 radical (unpaired) electrons. The number of nitrogens with zero attached hydrogens (tertiary/aromatic N) is 2. The first-order valence-electron chi connectivity index (χ1n) is 10.4. The van der Waals surface area contributed by atoms with Crippen LogP contribution in [-0.4, -0.2) is 35.4 Å². The van der Waals surface area contributed by atoms with Gasteiger partial charge < -0.3 is 10.1 Å². The van der Waals surface area contributed by atoms with E-state index in [1.165, 1.54) is 35.1 Å². The van der Waals surface area contributed by atoms with E-state index in [4.69, 9.17) is 16.3 Å². The van der Waals surface area contributed by atoms with Crippen molar-refractivity contribution >= 4 is 63.4 Å². The Morgan fingerprint density at radius 2 is 2.16 bits per heavy atom. The lowest BCUT2D eigenvalue weighted by Gasteiger charge is -2.21. The zero-order valence-corrected chi connectivity index (χ0v) is 20.2. The molecule has 1 aromatic carbocycles. The highest BCUT2D eigenvalue weighted by Crippen LogP contribution is 2.35. The predicted octanol–water partition coefficient (Wildman–Crippen LogP) is 5.33. The summed E-state index contributed by atoms with van der Waals surface area (Å²) in [5.41, 5.74) is 0.898. The first-order valence-corrected chi connectivity index (χ1v) is 12.6. The molecule has 168 valence electrons. The van der Waals surface area contributed by atoms with E-state index in [0.717, 1.165) is 30.6 Å². The Kier molecular flexibility index (Phi) is 7.23. The number of carbonyl (C=O) groups excluding carboxylic acids is 2. The predicted molar refractivity (Wildman–Crippen MR) is 133 cm³/mol. The van der Waals surface area contributed by atoms with Gasteiger partial charge in [-0.3, -0.25) is 14.5 Å². The Balaban J connectivity index is 1.61. The van der Waals surface area contributed by atoms with Crippen molar-refractivity contribution in [3.05, 3.63) is 51.3 Å². The number of halogens is 1. The van der Waals surface area contributed by atoms with E-state index < -0.39 is 5.25 Å². The fourth-order valence-corrected chi connectivity index (χ4v) is 5.54. The van der Waals surface area contributed by atoms with Crippen molar-refractivity contribution in [2.45, 2.75) is 43.9 Å². The van der Waals surface area contributed by atoms with Crippen molar-refractivity contribution < 1.29 is 14.3 Å². The lowest BCUT2D eigenvalue weighted by Crippen LogP contribution is -2.39. The Morgan fingerprint density at radius 1 is 1.38 bits per heavy atom. The molecule has 2 aliphatic rings. The van der Waals surface area contributed by atoms with Crippen molar-refractivity contribution in [2.75, 3.05) is 12.0 Å². The van der Waals surface area contributed by atoms with Gasteiger partial charge in [0.05, 0.1) is 23.1 Å². The van der Waals surface area contributed by atoms with Crippen LogP contribution in [0.25, 0.3) is 6.08 Å². The molecular formula is C23H24ClN3O3S2. The van der Waals surface area contributed by atoms with Crippen LogP contribution in [0.5, 0.6) is 5.75 Å². The SMILES string of the molecule is COc1ccc(N2C(=O)/C(=C\c3cccs3)N=C2SC(C)C(=O)NC2CCCC2)cc1Cl. The summed E-state index contributed by atoms with van der Waals surface area (Å²) in [6.07, 6.45) is 6.11. The molecule has 1 saturated carbocycles. The molecule has 2 aromatic rings. The number of thioether (sulfide) groups is 1. The summed E-state index contributed by atoms with van der Waals surface area (Å²) in [6, 6.07) is 9.24. The molecule has 0 spiro atoms.